The van der Waals surface area contributed by atoms with Crippen LogP contribution in [0.4, 0.5) is 0 Å². The van der Waals surface area contributed by atoms with Crippen LogP contribution in [0.15, 0.2) is 48.7 Å². The Kier molecular flexibility index (Phi) is 7.93. The van der Waals surface area contributed by atoms with E-state index in [0.717, 1.165) is 23.8 Å². The van der Waals surface area contributed by atoms with E-state index in [-0.39, 0.29) is 24.1 Å². The quantitative estimate of drug-likeness (QED) is 0.386. The average molecular weight is 570 g/mol. The zero-order valence-corrected chi connectivity index (χ0v) is 23.7. The number of piperidine rings is 1. The van der Waals surface area contributed by atoms with Crippen LogP contribution < -0.4 is 5.32 Å². The lowest BCUT2D eigenvalue weighted by molar-refractivity contribution is -0.142. The fraction of sp³-hybridized carbons (Fsp3) is 0.433. The first kappa shape index (κ1) is 27.6. The number of carbonyl (C=O) groups excluding carboxylic acids is 3. The molecule has 6 rings (SSSR count). The lowest BCUT2D eigenvalue weighted by Crippen LogP contribution is -2.53. The summed E-state index contributed by atoms with van der Waals surface area (Å²) in [5, 5.41) is 15.5. The number of pyridine rings is 1. The number of amides is 3. The van der Waals surface area contributed by atoms with Crippen molar-refractivity contribution in [2.75, 3.05) is 19.6 Å². The number of aromatic amines is 1. The molecule has 0 unspecified atom stereocenters. The third kappa shape index (κ3) is 5.88. The molecular formula is C30H35N9O3. The maximum atomic E-state index is 13.7. The number of benzene rings is 1. The highest BCUT2D eigenvalue weighted by atomic mass is 16.2. The van der Waals surface area contributed by atoms with Crippen LogP contribution >= 0.6 is 0 Å². The van der Waals surface area contributed by atoms with Gasteiger partial charge in [-0.1, -0.05) is 30.3 Å². The molecular weight excluding hydrogens is 534 g/mol. The van der Waals surface area contributed by atoms with Crippen molar-refractivity contribution in [1.29, 1.82) is 0 Å². The molecule has 3 amide bonds. The van der Waals surface area contributed by atoms with Gasteiger partial charge >= 0.3 is 0 Å². The summed E-state index contributed by atoms with van der Waals surface area (Å²) in [6, 6.07) is 12.5. The third-order valence-electron chi connectivity index (χ3n) is 8.05. The topological polar surface area (TPSA) is 142 Å². The Morgan fingerprint density at radius 1 is 0.976 bits per heavy atom. The summed E-state index contributed by atoms with van der Waals surface area (Å²) in [5.41, 5.74) is 1.90. The first-order chi connectivity index (χ1) is 20.5. The minimum Gasteiger partial charge on any atom is -0.344 e. The number of carbonyl (C=O) groups is 3. The minimum atomic E-state index is -0.534. The van der Waals surface area contributed by atoms with Crippen molar-refractivity contribution in [2.24, 2.45) is 0 Å². The molecule has 0 radical (unpaired) electrons. The molecule has 218 valence electrons. The Balaban J connectivity index is 1.34. The molecule has 12 heteroatoms. The molecule has 2 N–H and O–H groups in total. The van der Waals surface area contributed by atoms with Crippen LogP contribution in [0.5, 0.6) is 0 Å². The number of nitrogens with one attached hydrogen (secondary N) is 2. The maximum absolute atomic E-state index is 13.7. The van der Waals surface area contributed by atoms with Crippen LogP contribution in [0, 0.1) is 6.92 Å². The average Bonchev–Trinajstić information content (AvgIpc) is 3.63. The molecule has 12 nitrogen and oxygen atoms in total. The van der Waals surface area contributed by atoms with E-state index in [1.807, 2.05) is 43.3 Å². The zero-order valence-electron chi connectivity index (χ0n) is 23.7. The maximum Gasteiger partial charge on any atom is 0.272 e. The van der Waals surface area contributed by atoms with E-state index in [4.69, 9.17) is 4.98 Å². The highest BCUT2D eigenvalue weighted by Crippen LogP contribution is 2.23. The van der Waals surface area contributed by atoms with Gasteiger partial charge in [0.2, 0.25) is 11.8 Å². The van der Waals surface area contributed by atoms with Crippen molar-refractivity contribution in [3.8, 4) is 0 Å². The Labute approximate surface area is 243 Å². The molecule has 0 aliphatic carbocycles. The van der Waals surface area contributed by atoms with Crippen molar-refractivity contribution in [3.05, 3.63) is 71.6 Å². The number of rotatable bonds is 3. The van der Waals surface area contributed by atoms with E-state index in [0.29, 0.717) is 68.4 Å². The van der Waals surface area contributed by atoms with Gasteiger partial charge in [-0.2, -0.15) is 10.2 Å². The lowest BCUT2D eigenvalue weighted by atomic mass is 9.99. The number of hydrogen-bond donors (Lipinski definition) is 2. The van der Waals surface area contributed by atoms with Crippen LogP contribution in [0.2, 0.25) is 0 Å². The number of aryl methyl sites for hydroxylation is 1. The van der Waals surface area contributed by atoms with Crippen LogP contribution in [0.25, 0.3) is 11.0 Å². The Morgan fingerprint density at radius 2 is 1.83 bits per heavy atom. The van der Waals surface area contributed by atoms with Crippen molar-refractivity contribution in [3.63, 3.8) is 0 Å². The summed E-state index contributed by atoms with van der Waals surface area (Å²) >= 11 is 0. The lowest BCUT2D eigenvalue weighted by Gasteiger charge is -2.36. The smallest absolute Gasteiger partial charge is 0.272 e. The van der Waals surface area contributed by atoms with Crippen LogP contribution in [0.3, 0.4) is 0 Å². The summed E-state index contributed by atoms with van der Waals surface area (Å²) in [6.07, 6.45) is 5.27. The summed E-state index contributed by atoms with van der Waals surface area (Å²) < 4.78 is 1.80. The van der Waals surface area contributed by atoms with Gasteiger partial charge in [0.1, 0.15) is 23.4 Å². The fourth-order valence-electron chi connectivity index (χ4n) is 5.92. The van der Waals surface area contributed by atoms with Gasteiger partial charge < -0.3 is 15.1 Å². The number of aromatic nitrogens is 6. The van der Waals surface area contributed by atoms with Crippen molar-refractivity contribution in [1.82, 2.24) is 45.1 Å². The van der Waals surface area contributed by atoms with E-state index in [2.05, 4.69) is 25.6 Å². The second-order valence-corrected chi connectivity index (χ2v) is 11.0. The predicted molar refractivity (Wildman–Crippen MR) is 154 cm³/mol. The van der Waals surface area contributed by atoms with Gasteiger partial charge in [-0.25, -0.2) is 14.6 Å². The Hall–Kier alpha value is -4.61. The van der Waals surface area contributed by atoms with E-state index >= 15 is 0 Å². The molecule has 4 aromatic rings. The summed E-state index contributed by atoms with van der Waals surface area (Å²) in [6.45, 7) is 3.45. The molecule has 0 saturated carbocycles. The van der Waals surface area contributed by atoms with Crippen molar-refractivity contribution < 1.29 is 14.4 Å². The summed E-state index contributed by atoms with van der Waals surface area (Å²) in [4.78, 5) is 53.5. The molecule has 0 bridgehead atoms. The third-order valence-corrected chi connectivity index (χ3v) is 8.05. The van der Waals surface area contributed by atoms with Gasteiger partial charge in [0.15, 0.2) is 5.65 Å². The largest absolute Gasteiger partial charge is 0.344 e. The Bertz CT molecular complexity index is 1580. The molecule has 2 aliphatic heterocycles. The van der Waals surface area contributed by atoms with E-state index in [1.54, 1.807) is 26.7 Å². The molecule has 1 aromatic carbocycles. The molecule has 3 aromatic heterocycles. The number of nitrogens with zero attached hydrogens (tertiary/aromatic N) is 7. The first-order valence-electron chi connectivity index (χ1n) is 14.6. The SMILES string of the molecule is Cc1nc2n(n1)CCN(C(=O)c1ccc3cn[nH]c3n1)CCCC(=O)N1CCCC[C@H]1C(=O)N[C@@H]2Cc1ccccc1. The zero-order chi connectivity index (χ0) is 29.1. The van der Waals surface area contributed by atoms with E-state index in [1.165, 1.54) is 0 Å². The molecule has 0 spiro atoms. The van der Waals surface area contributed by atoms with Crippen LogP contribution in [-0.4, -0.2) is 83.1 Å². The first-order valence-corrected chi connectivity index (χ1v) is 14.6. The second kappa shape index (κ2) is 12.1. The van der Waals surface area contributed by atoms with Gasteiger partial charge in [-0.3, -0.25) is 19.5 Å². The molecule has 1 saturated heterocycles. The van der Waals surface area contributed by atoms with Crippen molar-refractivity contribution in [2.45, 2.75) is 64.1 Å². The summed E-state index contributed by atoms with van der Waals surface area (Å²) in [7, 11) is 0. The van der Waals surface area contributed by atoms with Gasteiger partial charge in [-0.15, -0.1) is 0 Å². The van der Waals surface area contributed by atoms with Crippen LogP contribution in [0.1, 0.15) is 65.8 Å². The van der Waals surface area contributed by atoms with Crippen molar-refractivity contribution >= 4 is 28.8 Å². The van der Waals surface area contributed by atoms with E-state index < -0.39 is 12.1 Å². The van der Waals surface area contributed by atoms with Gasteiger partial charge in [0, 0.05) is 31.4 Å². The standard InChI is InChI=1S/C30H35N9O3/c1-20-32-28-24(18-21-8-3-2-4-9-21)34-29(41)25-10-5-6-15-38(25)26(40)11-7-14-37(16-17-39(28)36-20)30(42)23-13-12-22-19-31-35-27(22)33-23/h2-4,8-9,12-13,19,24-25H,5-7,10-11,14-18H2,1H3,(H,34,41)(H,31,33,35)/t24-,25+/m1/s1. The molecule has 5 heterocycles. The number of hydrogen-bond acceptors (Lipinski definition) is 7. The molecule has 42 heavy (non-hydrogen) atoms. The molecule has 1 fully saturated rings. The second-order valence-electron chi connectivity index (χ2n) is 11.0. The molecule has 2 aliphatic rings. The van der Waals surface area contributed by atoms with Gasteiger partial charge in [-0.05, 0) is 56.7 Å². The van der Waals surface area contributed by atoms with E-state index in [9.17, 15) is 14.4 Å². The van der Waals surface area contributed by atoms with Gasteiger partial charge in [0.05, 0.1) is 18.8 Å². The van der Waals surface area contributed by atoms with Crippen LogP contribution in [-0.2, 0) is 22.6 Å². The highest BCUT2D eigenvalue weighted by molar-refractivity contribution is 5.94. The molecule has 2 atom stereocenters. The minimum absolute atomic E-state index is 0.0602. The number of H-pyrrole nitrogens is 1. The monoisotopic (exact) mass is 569 g/mol. The summed E-state index contributed by atoms with van der Waals surface area (Å²) in [5.74, 6) is 0.759. The Morgan fingerprint density at radius 3 is 2.69 bits per heavy atom. The number of fused-ring (bicyclic) bond motifs is 3. The van der Waals surface area contributed by atoms with Gasteiger partial charge in [0.25, 0.3) is 5.91 Å². The predicted octanol–water partition coefficient (Wildman–Crippen LogP) is 2.58. The highest BCUT2D eigenvalue weighted by Gasteiger charge is 2.34. The normalized spacial score (nSPS) is 20.5. The fourth-order valence-corrected chi connectivity index (χ4v) is 5.92.